The summed E-state index contributed by atoms with van der Waals surface area (Å²) in [5.74, 6) is 1.11. The largest absolute Gasteiger partial charge is 0.493 e. The molecule has 0 saturated carbocycles. The van der Waals surface area contributed by atoms with Crippen LogP contribution in [-0.4, -0.2) is 37.9 Å². The Kier molecular flexibility index (Phi) is 8.14. The third kappa shape index (κ3) is 6.61. The van der Waals surface area contributed by atoms with Crippen LogP contribution in [0, 0.1) is 13.8 Å². The molecule has 0 spiro atoms. The van der Waals surface area contributed by atoms with E-state index in [1.54, 1.807) is 19.2 Å². The summed E-state index contributed by atoms with van der Waals surface area (Å²) in [5, 5.41) is 11.8. The number of hydrogen-bond acceptors (Lipinski definition) is 4. The molecule has 0 saturated heterocycles. The lowest BCUT2D eigenvalue weighted by molar-refractivity contribution is -0.120. The van der Waals surface area contributed by atoms with Gasteiger partial charge in [0.2, 0.25) is 5.91 Å². The Bertz CT molecular complexity index is 758. The third-order valence-corrected chi connectivity index (χ3v) is 4.48. The van der Waals surface area contributed by atoms with E-state index in [0.717, 1.165) is 18.4 Å². The van der Waals surface area contributed by atoms with E-state index in [2.05, 4.69) is 37.4 Å². The van der Waals surface area contributed by atoms with Crippen molar-refractivity contribution in [1.29, 1.82) is 0 Å². The molecule has 0 fully saturated rings. The number of benzene rings is 2. The molecule has 2 aromatic carbocycles. The van der Waals surface area contributed by atoms with Gasteiger partial charge in [-0.25, -0.2) is 0 Å². The van der Waals surface area contributed by atoms with Crippen LogP contribution < -0.4 is 14.8 Å². The van der Waals surface area contributed by atoms with Gasteiger partial charge in [-0.15, -0.1) is 0 Å². The van der Waals surface area contributed by atoms with Crippen molar-refractivity contribution in [3.63, 3.8) is 0 Å². The van der Waals surface area contributed by atoms with Gasteiger partial charge in [0.15, 0.2) is 11.5 Å². The highest BCUT2D eigenvalue weighted by Crippen LogP contribution is 2.28. The van der Waals surface area contributed by atoms with Crippen molar-refractivity contribution in [3.05, 3.63) is 58.7 Å². The average molecular weight is 371 g/mol. The van der Waals surface area contributed by atoms with Crippen LogP contribution in [0.3, 0.4) is 0 Å². The number of aliphatic hydroxyl groups excluding tert-OH is 1. The molecule has 0 aliphatic carbocycles. The highest BCUT2D eigenvalue weighted by molar-refractivity contribution is 5.78. The number of nitrogens with one attached hydrogen (secondary N) is 1. The lowest BCUT2D eigenvalue weighted by atomic mass is 10.0. The van der Waals surface area contributed by atoms with Gasteiger partial charge in [-0.1, -0.05) is 24.3 Å². The number of aliphatic hydroxyl groups is 1. The van der Waals surface area contributed by atoms with Crippen LogP contribution in [0.15, 0.2) is 36.4 Å². The Hall–Kier alpha value is -2.53. The van der Waals surface area contributed by atoms with Gasteiger partial charge < -0.3 is 19.9 Å². The van der Waals surface area contributed by atoms with Crippen LogP contribution in [0.2, 0.25) is 0 Å². The highest BCUT2D eigenvalue weighted by atomic mass is 16.5. The summed E-state index contributed by atoms with van der Waals surface area (Å²) in [6.45, 7) is 5.03. The fraction of sp³-hybridized carbons (Fsp3) is 0.409. The van der Waals surface area contributed by atoms with Gasteiger partial charge in [-0.2, -0.15) is 0 Å². The molecule has 1 amide bonds. The molecule has 0 aromatic heterocycles. The van der Waals surface area contributed by atoms with E-state index >= 15 is 0 Å². The van der Waals surface area contributed by atoms with E-state index < -0.39 is 0 Å². The van der Waals surface area contributed by atoms with E-state index in [9.17, 15) is 4.79 Å². The van der Waals surface area contributed by atoms with Gasteiger partial charge in [-0.05, 0) is 61.1 Å². The van der Waals surface area contributed by atoms with Crippen molar-refractivity contribution in [3.8, 4) is 11.5 Å². The molecule has 5 heteroatoms. The van der Waals surface area contributed by atoms with Crippen LogP contribution >= 0.6 is 0 Å². The predicted molar refractivity (Wildman–Crippen MR) is 107 cm³/mol. The number of hydrogen-bond donors (Lipinski definition) is 2. The normalized spacial score (nSPS) is 10.5. The molecular weight excluding hydrogens is 342 g/mol. The second kappa shape index (κ2) is 10.6. The maximum Gasteiger partial charge on any atom is 0.224 e. The zero-order chi connectivity index (χ0) is 19.6. The van der Waals surface area contributed by atoms with E-state index in [0.29, 0.717) is 24.5 Å². The summed E-state index contributed by atoms with van der Waals surface area (Å²) >= 11 is 0. The van der Waals surface area contributed by atoms with E-state index in [1.807, 2.05) is 6.07 Å². The number of aryl methyl sites for hydroxylation is 3. The molecule has 2 aromatic rings. The number of carbonyl (C=O) groups is 1. The van der Waals surface area contributed by atoms with Crippen molar-refractivity contribution in [2.45, 2.75) is 33.1 Å². The minimum Gasteiger partial charge on any atom is -0.493 e. The fourth-order valence-corrected chi connectivity index (χ4v) is 2.82. The van der Waals surface area contributed by atoms with Crippen molar-refractivity contribution in [1.82, 2.24) is 5.32 Å². The SMILES string of the molecule is COc1cc(CC(=O)NCCCc2ccc(C)c(C)c2)ccc1OCCO. The number of carbonyl (C=O) groups excluding carboxylic acids is 1. The van der Waals surface area contributed by atoms with Crippen LogP contribution in [0.25, 0.3) is 0 Å². The summed E-state index contributed by atoms with van der Waals surface area (Å²) in [4.78, 5) is 12.2. The number of rotatable bonds is 10. The van der Waals surface area contributed by atoms with Gasteiger partial charge in [0.05, 0.1) is 20.1 Å². The molecule has 27 heavy (non-hydrogen) atoms. The molecule has 146 valence electrons. The van der Waals surface area contributed by atoms with Crippen molar-refractivity contribution in [2.75, 3.05) is 26.9 Å². The van der Waals surface area contributed by atoms with Gasteiger partial charge >= 0.3 is 0 Å². The number of methoxy groups -OCH3 is 1. The maximum absolute atomic E-state index is 12.2. The molecule has 5 nitrogen and oxygen atoms in total. The molecule has 2 N–H and O–H groups in total. The second-order valence-electron chi connectivity index (χ2n) is 6.61. The Morgan fingerprint density at radius 2 is 1.81 bits per heavy atom. The minimum absolute atomic E-state index is 0.0128. The Balaban J connectivity index is 1.78. The van der Waals surface area contributed by atoms with Gasteiger partial charge in [-0.3, -0.25) is 4.79 Å². The molecule has 0 unspecified atom stereocenters. The third-order valence-electron chi connectivity index (χ3n) is 4.48. The lowest BCUT2D eigenvalue weighted by Gasteiger charge is -2.12. The second-order valence-corrected chi connectivity index (χ2v) is 6.61. The first-order valence-electron chi connectivity index (χ1n) is 9.27. The summed E-state index contributed by atoms with van der Waals surface area (Å²) in [5.41, 5.74) is 4.76. The first-order chi connectivity index (χ1) is 13.0. The summed E-state index contributed by atoms with van der Waals surface area (Å²) in [6, 6.07) is 11.9. The van der Waals surface area contributed by atoms with Crippen molar-refractivity contribution in [2.24, 2.45) is 0 Å². The standard InChI is InChI=1S/C22H29NO4/c1-16-6-7-18(13-17(16)2)5-4-10-23-22(25)15-19-8-9-20(27-12-11-24)21(14-19)26-3/h6-9,13-14,24H,4-5,10-12,15H2,1-3H3,(H,23,25). The van der Waals surface area contributed by atoms with E-state index in [4.69, 9.17) is 14.6 Å². The monoisotopic (exact) mass is 371 g/mol. The molecule has 0 aliphatic heterocycles. The highest BCUT2D eigenvalue weighted by Gasteiger charge is 2.09. The van der Waals surface area contributed by atoms with Crippen LogP contribution in [0.4, 0.5) is 0 Å². The zero-order valence-electron chi connectivity index (χ0n) is 16.4. The lowest BCUT2D eigenvalue weighted by Crippen LogP contribution is -2.26. The summed E-state index contributed by atoms with van der Waals surface area (Å²) < 4.78 is 10.7. The number of ether oxygens (including phenoxy) is 2. The molecule has 0 radical (unpaired) electrons. The van der Waals surface area contributed by atoms with Crippen LogP contribution in [0.5, 0.6) is 11.5 Å². The Morgan fingerprint density at radius 1 is 1.04 bits per heavy atom. The molecule has 2 rings (SSSR count). The topological polar surface area (TPSA) is 67.8 Å². The molecular formula is C22H29NO4. The Labute approximate surface area is 161 Å². The molecule has 0 atom stereocenters. The zero-order valence-corrected chi connectivity index (χ0v) is 16.4. The summed E-state index contributed by atoms with van der Waals surface area (Å²) in [6.07, 6.45) is 2.15. The van der Waals surface area contributed by atoms with Crippen molar-refractivity contribution < 1.29 is 19.4 Å². The van der Waals surface area contributed by atoms with Gasteiger partial charge in [0, 0.05) is 6.54 Å². The first kappa shape index (κ1) is 20.8. The number of amides is 1. The van der Waals surface area contributed by atoms with Crippen LogP contribution in [-0.2, 0) is 17.6 Å². The van der Waals surface area contributed by atoms with Crippen LogP contribution in [0.1, 0.15) is 28.7 Å². The van der Waals surface area contributed by atoms with E-state index in [-0.39, 0.29) is 19.1 Å². The fourth-order valence-electron chi connectivity index (χ4n) is 2.82. The summed E-state index contributed by atoms with van der Waals surface area (Å²) in [7, 11) is 1.55. The maximum atomic E-state index is 12.2. The van der Waals surface area contributed by atoms with Gasteiger partial charge in [0.1, 0.15) is 6.61 Å². The minimum atomic E-state index is -0.0601. The Morgan fingerprint density at radius 3 is 2.52 bits per heavy atom. The van der Waals surface area contributed by atoms with Gasteiger partial charge in [0.25, 0.3) is 0 Å². The first-order valence-corrected chi connectivity index (χ1v) is 9.27. The smallest absolute Gasteiger partial charge is 0.224 e. The average Bonchev–Trinajstić information content (AvgIpc) is 2.66. The quantitative estimate of drug-likeness (QED) is 0.630. The van der Waals surface area contributed by atoms with Crippen molar-refractivity contribution >= 4 is 5.91 Å². The van der Waals surface area contributed by atoms with E-state index in [1.165, 1.54) is 16.7 Å². The molecule has 0 aliphatic rings. The molecule has 0 bridgehead atoms. The molecule has 0 heterocycles. The predicted octanol–water partition coefficient (Wildman–Crippen LogP) is 2.97.